The predicted octanol–water partition coefficient (Wildman–Crippen LogP) is 2.64. The molecule has 8 nitrogen and oxygen atoms in total. The predicted molar refractivity (Wildman–Crippen MR) is 138 cm³/mol. The van der Waals surface area contributed by atoms with E-state index in [1.54, 1.807) is 25.2 Å². The van der Waals surface area contributed by atoms with Gasteiger partial charge in [-0.25, -0.2) is 0 Å². The number of unbranched alkanes of at least 4 members (excludes halogenated alkanes) is 1. The van der Waals surface area contributed by atoms with Gasteiger partial charge in [-0.2, -0.15) is 0 Å². The number of fused-ring (bicyclic) bond motifs is 3. The molecule has 3 aliphatic carbocycles. The second kappa shape index (κ2) is 8.30. The van der Waals surface area contributed by atoms with E-state index in [-0.39, 0.29) is 5.92 Å². The van der Waals surface area contributed by atoms with E-state index in [2.05, 4.69) is 19.6 Å². The van der Waals surface area contributed by atoms with Crippen LogP contribution in [0.5, 0.6) is 0 Å². The Balaban J connectivity index is 1.51. The van der Waals surface area contributed by atoms with Gasteiger partial charge in [0.15, 0.2) is 11.4 Å². The van der Waals surface area contributed by atoms with Crippen LogP contribution in [0.15, 0.2) is 60.3 Å². The number of aliphatic hydroxyl groups is 3. The van der Waals surface area contributed by atoms with Crippen molar-refractivity contribution in [2.24, 2.45) is 17.8 Å². The fourth-order valence-corrected chi connectivity index (χ4v) is 8.06. The van der Waals surface area contributed by atoms with Crippen molar-refractivity contribution in [2.75, 3.05) is 6.61 Å². The number of carbonyl (C=O) groups is 1. The van der Waals surface area contributed by atoms with Gasteiger partial charge >= 0.3 is 5.97 Å². The average Bonchev–Trinajstić information content (AvgIpc) is 3.52. The Labute approximate surface area is 223 Å². The van der Waals surface area contributed by atoms with Crippen LogP contribution >= 0.6 is 0 Å². The first-order valence-electron chi connectivity index (χ1n) is 13.7. The summed E-state index contributed by atoms with van der Waals surface area (Å²) in [6.45, 7) is 11.4. The molecule has 0 aromatic carbocycles. The third-order valence-corrected chi connectivity index (χ3v) is 9.89. The molecular formula is C30H38O8. The number of ether oxygens (including phenoxy) is 4. The number of hydrogen-bond acceptors (Lipinski definition) is 8. The fourth-order valence-electron chi connectivity index (χ4n) is 8.06. The topological polar surface area (TPSA) is 118 Å². The summed E-state index contributed by atoms with van der Waals surface area (Å²) in [4.78, 5) is 13.5. The van der Waals surface area contributed by atoms with Crippen LogP contribution in [-0.4, -0.2) is 74.4 Å². The number of carbonyl (C=O) groups excluding carboxylic acids is 1. The standard InChI is InChI=1S/C30H38O8/c1-6-7-8-9-10-11-12-13-28-36-23-21-24-27(16-31,35-24)25(33)29(34)20(14-18(4)22(29)32)30(21,38-28)19(5)15-26(23,37-28)17(2)3/h8-14,19-21,23-25,31,33-34H,2,6-7,15-16H2,1,3-5H3/b9-8+,11-10-,13-12+/t19-,20-,21-,23-,24+,25-,26-,27+,28?,29-,30+/m1/s1. The summed E-state index contributed by atoms with van der Waals surface area (Å²) in [5.41, 5.74) is -4.72. The fraction of sp³-hybridized carbons (Fsp3) is 0.633. The SMILES string of the molecule is C=C(C)[C@]12C[C@@H](C)[C@@]34OC(/C=C/C=C\C=C\CCC)(O[C@@H]1[C@@H]3[C@@H]1O[C@]1(CO)[C@@H](O)[C@]1(O)C(=O)C(C)=C[C@H]14)O2. The van der Waals surface area contributed by atoms with Gasteiger partial charge in [0.25, 0.3) is 0 Å². The minimum absolute atomic E-state index is 0.246. The van der Waals surface area contributed by atoms with E-state index in [0.29, 0.717) is 12.0 Å². The maximum atomic E-state index is 13.5. The third kappa shape index (κ3) is 2.97. The molecule has 0 amide bonds. The van der Waals surface area contributed by atoms with Crippen LogP contribution < -0.4 is 0 Å². The van der Waals surface area contributed by atoms with Crippen molar-refractivity contribution in [1.82, 2.24) is 0 Å². The maximum Gasteiger partial charge on any atom is 0.306 e. The Morgan fingerprint density at radius 3 is 2.61 bits per heavy atom. The summed E-state index contributed by atoms with van der Waals surface area (Å²) in [6, 6.07) is 0. The zero-order valence-electron chi connectivity index (χ0n) is 22.4. The third-order valence-electron chi connectivity index (χ3n) is 9.89. The largest absolute Gasteiger partial charge is 0.393 e. The number of hydrogen-bond donors (Lipinski definition) is 3. The van der Waals surface area contributed by atoms with Crippen molar-refractivity contribution in [3.8, 4) is 0 Å². The molecule has 38 heavy (non-hydrogen) atoms. The highest BCUT2D eigenvalue weighted by atomic mass is 16.9. The minimum Gasteiger partial charge on any atom is -0.393 e. The van der Waals surface area contributed by atoms with Crippen molar-refractivity contribution in [3.05, 3.63) is 60.3 Å². The van der Waals surface area contributed by atoms with Gasteiger partial charge < -0.3 is 34.3 Å². The van der Waals surface area contributed by atoms with E-state index >= 15 is 0 Å². The van der Waals surface area contributed by atoms with Crippen molar-refractivity contribution in [2.45, 2.75) is 93.6 Å². The van der Waals surface area contributed by atoms with Crippen LogP contribution in [-0.2, 0) is 23.7 Å². The molecule has 3 aliphatic heterocycles. The molecule has 3 saturated heterocycles. The lowest BCUT2D eigenvalue weighted by Gasteiger charge is -2.59. The number of allylic oxidation sites excluding steroid dienone is 5. The molecule has 2 saturated carbocycles. The van der Waals surface area contributed by atoms with E-state index < -0.39 is 70.9 Å². The second-order valence-electron chi connectivity index (χ2n) is 12.0. The molecule has 3 bridgehead atoms. The number of aliphatic hydroxyl groups excluding tert-OH is 2. The molecule has 8 heteroatoms. The van der Waals surface area contributed by atoms with Gasteiger partial charge in [-0.05, 0) is 43.8 Å². The normalized spacial score (nSPS) is 52.4. The molecule has 0 aromatic heterocycles. The van der Waals surface area contributed by atoms with Crippen LogP contribution in [0.2, 0.25) is 0 Å². The lowest BCUT2D eigenvalue weighted by Crippen LogP contribution is -2.72. The molecule has 6 rings (SSSR count). The smallest absolute Gasteiger partial charge is 0.306 e. The molecule has 3 N–H and O–H groups in total. The van der Waals surface area contributed by atoms with Crippen LogP contribution in [0.4, 0.5) is 0 Å². The average molecular weight is 527 g/mol. The Hall–Kier alpha value is -1.91. The zero-order valence-corrected chi connectivity index (χ0v) is 22.4. The summed E-state index contributed by atoms with van der Waals surface area (Å²) in [6.07, 6.45) is 12.7. The highest BCUT2D eigenvalue weighted by Crippen LogP contribution is 2.72. The van der Waals surface area contributed by atoms with Crippen molar-refractivity contribution >= 4 is 5.78 Å². The van der Waals surface area contributed by atoms with Gasteiger partial charge in [0.05, 0.1) is 12.2 Å². The van der Waals surface area contributed by atoms with Gasteiger partial charge in [-0.15, -0.1) is 0 Å². The van der Waals surface area contributed by atoms with E-state index in [1.165, 1.54) is 0 Å². The second-order valence-corrected chi connectivity index (χ2v) is 12.0. The molecule has 6 aliphatic rings. The number of Topliss-reactive ketones (excluding diaryl/α,β-unsaturated/α-hetero) is 1. The van der Waals surface area contributed by atoms with Crippen molar-refractivity contribution < 1.29 is 39.1 Å². The first-order valence-corrected chi connectivity index (χ1v) is 13.7. The monoisotopic (exact) mass is 526 g/mol. The quantitative estimate of drug-likeness (QED) is 0.263. The summed E-state index contributed by atoms with van der Waals surface area (Å²) < 4.78 is 26.3. The Bertz CT molecular complexity index is 1190. The molecule has 0 aromatic rings. The summed E-state index contributed by atoms with van der Waals surface area (Å²) in [5.74, 6) is -3.86. The van der Waals surface area contributed by atoms with Crippen LogP contribution in [0.25, 0.3) is 0 Å². The lowest BCUT2D eigenvalue weighted by atomic mass is 9.54. The Morgan fingerprint density at radius 1 is 1.18 bits per heavy atom. The van der Waals surface area contributed by atoms with Crippen molar-refractivity contribution in [1.29, 1.82) is 0 Å². The van der Waals surface area contributed by atoms with Gasteiger partial charge in [0.1, 0.15) is 29.5 Å². The van der Waals surface area contributed by atoms with Gasteiger partial charge in [0.2, 0.25) is 0 Å². The van der Waals surface area contributed by atoms with Crippen molar-refractivity contribution in [3.63, 3.8) is 0 Å². The highest BCUT2D eigenvalue weighted by Gasteiger charge is 2.88. The van der Waals surface area contributed by atoms with Crippen LogP contribution in [0.1, 0.15) is 47.0 Å². The van der Waals surface area contributed by atoms with E-state index in [4.69, 9.17) is 18.9 Å². The number of rotatable bonds is 7. The summed E-state index contributed by atoms with van der Waals surface area (Å²) in [7, 11) is 0. The van der Waals surface area contributed by atoms with Crippen LogP contribution in [0.3, 0.4) is 0 Å². The molecule has 3 heterocycles. The molecule has 0 radical (unpaired) electrons. The number of epoxide rings is 1. The zero-order chi connectivity index (χ0) is 27.3. The molecule has 206 valence electrons. The summed E-state index contributed by atoms with van der Waals surface area (Å²) in [5, 5.41) is 34.0. The highest BCUT2D eigenvalue weighted by molar-refractivity contribution is 6.05. The molecule has 11 atom stereocenters. The van der Waals surface area contributed by atoms with Gasteiger partial charge in [0, 0.05) is 17.9 Å². The molecule has 5 fully saturated rings. The molecular weight excluding hydrogens is 488 g/mol. The summed E-state index contributed by atoms with van der Waals surface area (Å²) >= 11 is 0. The number of ketones is 1. The first kappa shape index (κ1) is 26.3. The van der Waals surface area contributed by atoms with E-state index in [0.717, 1.165) is 18.4 Å². The van der Waals surface area contributed by atoms with Crippen LogP contribution in [0, 0.1) is 17.8 Å². The van der Waals surface area contributed by atoms with E-state index in [1.807, 2.05) is 32.1 Å². The first-order chi connectivity index (χ1) is 18.0. The van der Waals surface area contributed by atoms with Gasteiger partial charge in [-0.1, -0.05) is 63.3 Å². The Morgan fingerprint density at radius 2 is 1.92 bits per heavy atom. The molecule has 1 unspecified atom stereocenters. The van der Waals surface area contributed by atoms with E-state index in [9.17, 15) is 20.1 Å². The minimum atomic E-state index is -2.22. The maximum absolute atomic E-state index is 13.5. The lowest BCUT2D eigenvalue weighted by molar-refractivity contribution is -0.406. The Kier molecular flexibility index (Phi) is 5.75. The molecule has 0 spiro atoms. The van der Waals surface area contributed by atoms with Gasteiger partial charge in [-0.3, -0.25) is 4.79 Å².